The molecule has 4 N–H and O–H groups in total. The Bertz CT molecular complexity index is 396. The first-order chi connectivity index (χ1) is 8.17. The van der Waals surface area contributed by atoms with Crippen LogP contribution in [0.1, 0.15) is 30.2 Å². The Morgan fingerprint density at radius 2 is 1.94 bits per heavy atom. The number of primary amides is 1. The molecule has 0 saturated heterocycles. The molecule has 6 nitrogen and oxygen atoms in total. The zero-order valence-electron chi connectivity index (χ0n) is 10.5. The van der Waals surface area contributed by atoms with Gasteiger partial charge >= 0.3 is 0 Å². The Morgan fingerprint density at radius 3 is 2.39 bits per heavy atom. The van der Waals surface area contributed by atoms with Crippen LogP contribution in [0.4, 0.5) is 0 Å². The topological polar surface area (TPSA) is 92.6 Å². The van der Waals surface area contributed by atoms with Crippen molar-refractivity contribution >= 4 is 35.8 Å². The fraction of sp³-hybridized carbons (Fsp3) is 0.455. The van der Waals surface area contributed by atoms with Crippen LogP contribution in [0.15, 0.2) is 21.5 Å². The van der Waals surface area contributed by atoms with Gasteiger partial charge in [0, 0.05) is 13.1 Å². The third-order valence-corrected chi connectivity index (χ3v) is 1.99. The SMILES string of the molecule is CCNC(=NCc1ccc(C(N)=O)o1)NCC.I. The lowest BCUT2D eigenvalue weighted by Crippen LogP contribution is -2.36. The van der Waals surface area contributed by atoms with E-state index in [9.17, 15) is 4.79 Å². The van der Waals surface area contributed by atoms with E-state index in [1.54, 1.807) is 12.1 Å². The summed E-state index contributed by atoms with van der Waals surface area (Å²) in [6.07, 6.45) is 0. The van der Waals surface area contributed by atoms with Crippen molar-refractivity contribution in [1.82, 2.24) is 10.6 Å². The summed E-state index contributed by atoms with van der Waals surface area (Å²) in [7, 11) is 0. The largest absolute Gasteiger partial charge is 0.454 e. The Morgan fingerprint density at radius 1 is 1.33 bits per heavy atom. The molecule has 7 heteroatoms. The van der Waals surface area contributed by atoms with Gasteiger partial charge in [0.2, 0.25) is 0 Å². The predicted molar refractivity (Wildman–Crippen MR) is 81.1 cm³/mol. The predicted octanol–water partition coefficient (Wildman–Crippen LogP) is 1.07. The minimum atomic E-state index is -0.571. The van der Waals surface area contributed by atoms with Crippen LogP contribution in [0, 0.1) is 0 Å². The molecule has 0 aliphatic rings. The summed E-state index contributed by atoms with van der Waals surface area (Å²) in [5.74, 6) is 0.904. The van der Waals surface area contributed by atoms with E-state index in [1.807, 2.05) is 13.8 Å². The van der Waals surface area contributed by atoms with Gasteiger partial charge in [0.15, 0.2) is 11.7 Å². The molecule has 0 aromatic carbocycles. The molecule has 1 rings (SSSR count). The minimum Gasteiger partial charge on any atom is -0.454 e. The molecule has 0 spiro atoms. The summed E-state index contributed by atoms with van der Waals surface area (Å²) in [6.45, 7) is 5.92. The van der Waals surface area contributed by atoms with Crippen LogP contribution in [-0.4, -0.2) is 25.0 Å². The standard InChI is InChI=1S/C11H18N4O2.HI/c1-3-13-11(14-4-2)15-7-8-5-6-9(17-8)10(12)16;/h5-6H,3-4,7H2,1-2H3,(H2,12,16)(H2,13,14,15);1H. The maximum Gasteiger partial charge on any atom is 0.284 e. The molecule has 0 aliphatic heterocycles. The molecule has 0 aliphatic carbocycles. The number of hydrogen-bond acceptors (Lipinski definition) is 3. The Hall–Kier alpha value is -1.25. The zero-order valence-corrected chi connectivity index (χ0v) is 12.9. The first-order valence-corrected chi connectivity index (χ1v) is 5.58. The smallest absolute Gasteiger partial charge is 0.284 e. The van der Waals surface area contributed by atoms with Gasteiger partial charge < -0.3 is 20.8 Å². The molecule has 0 radical (unpaired) electrons. The van der Waals surface area contributed by atoms with Crippen molar-refractivity contribution in [2.45, 2.75) is 20.4 Å². The fourth-order valence-corrected chi connectivity index (χ4v) is 1.26. The van der Waals surface area contributed by atoms with Crippen molar-refractivity contribution < 1.29 is 9.21 Å². The summed E-state index contributed by atoms with van der Waals surface area (Å²) in [5.41, 5.74) is 5.09. The number of halogens is 1. The molecule has 0 unspecified atom stereocenters. The highest BCUT2D eigenvalue weighted by Gasteiger charge is 2.06. The second kappa shape index (κ2) is 8.78. The molecule has 0 fully saturated rings. The van der Waals surface area contributed by atoms with E-state index in [0.717, 1.165) is 13.1 Å². The Kier molecular flexibility index (Phi) is 8.17. The van der Waals surface area contributed by atoms with Crippen LogP contribution in [0.5, 0.6) is 0 Å². The van der Waals surface area contributed by atoms with Crippen LogP contribution >= 0.6 is 24.0 Å². The van der Waals surface area contributed by atoms with Gasteiger partial charge in [-0.1, -0.05) is 0 Å². The molecular formula is C11H19IN4O2. The van der Waals surface area contributed by atoms with Crippen molar-refractivity contribution in [3.63, 3.8) is 0 Å². The number of nitrogens with one attached hydrogen (secondary N) is 2. The molecule has 0 atom stereocenters. The summed E-state index contributed by atoms with van der Waals surface area (Å²) in [4.78, 5) is 15.1. The van der Waals surface area contributed by atoms with Gasteiger partial charge in [-0.25, -0.2) is 4.99 Å². The van der Waals surface area contributed by atoms with Crippen LogP contribution in [-0.2, 0) is 6.54 Å². The highest BCUT2D eigenvalue weighted by molar-refractivity contribution is 14.0. The molecule has 1 heterocycles. The lowest BCUT2D eigenvalue weighted by molar-refractivity contribution is 0.0972. The number of furan rings is 1. The van der Waals surface area contributed by atoms with Crippen molar-refractivity contribution in [2.24, 2.45) is 10.7 Å². The average molecular weight is 366 g/mol. The van der Waals surface area contributed by atoms with Crippen LogP contribution in [0.2, 0.25) is 0 Å². The van der Waals surface area contributed by atoms with Crippen molar-refractivity contribution in [1.29, 1.82) is 0 Å². The number of rotatable bonds is 5. The summed E-state index contributed by atoms with van der Waals surface area (Å²) in [5, 5.41) is 6.18. The van der Waals surface area contributed by atoms with Crippen molar-refractivity contribution in [2.75, 3.05) is 13.1 Å². The maximum absolute atomic E-state index is 10.8. The first kappa shape index (κ1) is 16.8. The van der Waals surface area contributed by atoms with E-state index in [1.165, 1.54) is 0 Å². The fourth-order valence-electron chi connectivity index (χ4n) is 1.26. The molecule has 0 saturated carbocycles. The summed E-state index contributed by atoms with van der Waals surface area (Å²) >= 11 is 0. The van der Waals surface area contributed by atoms with Crippen LogP contribution in [0.3, 0.4) is 0 Å². The third-order valence-electron chi connectivity index (χ3n) is 1.99. The highest BCUT2D eigenvalue weighted by atomic mass is 127. The van der Waals surface area contributed by atoms with Crippen molar-refractivity contribution in [3.05, 3.63) is 23.7 Å². The third kappa shape index (κ3) is 5.39. The second-order valence-electron chi connectivity index (χ2n) is 3.36. The van der Waals surface area contributed by atoms with Crippen molar-refractivity contribution in [3.8, 4) is 0 Å². The quantitative estimate of drug-likeness (QED) is 0.413. The van der Waals surface area contributed by atoms with E-state index >= 15 is 0 Å². The van der Waals surface area contributed by atoms with E-state index in [2.05, 4.69) is 15.6 Å². The summed E-state index contributed by atoms with van der Waals surface area (Å²) < 4.78 is 5.21. The molecule has 1 aromatic heterocycles. The van der Waals surface area contributed by atoms with Gasteiger partial charge in [-0.2, -0.15) is 0 Å². The lowest BCUT2D eigenvalue weighted by Gasteiger charge is -2.08. The molecule has 1 aromatic rings. The molecular weight excluding hydrogens is 347 g/mol. The number of amides is 1. The van der Waals surface area contributed by atoms with Gasteiger partial charge in [0.25, 0.3) is 5.91 Å². The highest BCUT2D eigenvalue weighted by Crippen LogP contribution is 2.08. The van der Waals surface area contributed by atoms with Gasteiger partial charge in [0.1, 0.15) is 12.3 Å². The molecule has 102 valence electrons. The van der Waals surface area contributed by atoms with E-state index < -0.39 is 5.91 Å². The second-order valence-corrected chi connectivity index (χ2v) is 3.36. The average Bonchev–Trinajstić information content (AvgIpc) is 2.75. The minimum absolute atomic E-state index is 0. The first-order valence-electron chi connectivity index (χ1n) is 5.58. The lowest BCUT2D eigenvalue weighted by atomic mass is 10.4. The Balaban J connectivity index is 0.00000289. The molecule has 0 bridgehead atoms. The van der Waals surface area contributed by atoms with E-state index in [-0.39, 0.29) is 29.7 Å². The number of nitrogens with zero attached hydrogens (tertiary/aromatic N) is 1. The number of carbonyl (C=O) groups is 1. The number of nitrogens with two attached hydrogens (primary N) is 1. The molecule has 18 heavy (non-hydrogen) atoms. The number of carbonyl (C=O) groups excluding carboxylic acids is 1. The van der Waals surface area contributed by atoms with Gasteiger partial charge in [-0.3, -0.25) is 4.79 Å². The zero-order chi connectivity index (χ0) is 12.7. The van der Waals surface area contributed by atoms with Crippen LogP contribution < -0.4 is 16.4 Å². The Labute approximate surface area is 123 Å². The van der Waals surface area contributed by atoms with Gasteiger partial charge in [0.05, 0.1) is 0 Å². The van der Waals surface area contributed by atoms with E-state index in [0.29, 0.717) is 18.3 Å². The normalized spacial score (nSPS) is 9.22. The summed E-state index contributed by atoms with van der Waals surface area (Å²) in [6, 6.07) is 3.24. The van der Waals surface area contributed by atoms with Crippen LogP contribution in [0.25, 0.3) is 0 Å². The number of guanidine groups is 1. The number of aliphatic imine (C=N–C) groups is 1. The number of hydrogen-bond donors (Lipinski definition) is 3. The van der Waals surface area contributed by atoms with Gasteiger partial charge in [-0.15, -0.1) is 24.0 Å². The maximum atomic E-state index is 10.8. The van der Waals surface area contributed by atoms with Gasteiger partial charge in [-0.05, 0) is 26.0 Å². The van der Waals surface area contributed by atoms with E-state index in [4.69, 9.17) is 10.2 Å². The monoisotopic (exact) mass is 366 g/mol. The molecule has 1 amide bonds.